The van der Waals surface area contributed by atoms with Crippen molar-refractivity contribution in [3.8, 4) is 27.8 Å². The van der Waals surface area contributed by atoms with Crippen LogP contribution in [0.3, 0.4) is 0 Å². The zero-order valence-corrected chi connectivity index (χ0v) is 13.7. The van der Waals surface area contributed by atoms with Crippen LogP contribution in [0.25, 0.3) is 10.6 Å². The number of para-hydroxylation sites is 2. The van der Waals surface area contributed by atoms with E-state index in [4.69, 9.17) is 4.74 Å². The molecule has 130 valence electrons. The second-order valence-corrected chi connectivity index (χ2v) is 5.71. The molecule has 0 unspecified atom stereocenters. The van der Waals surface area contributed by atoms with Crippen LogP contribution in [0, 0.1) is 0 Å². The van der Waals surface area contributed by atoms with Crippen molar-refractivity contribution in [3.05, 3.63) is 48.5 Å². The van der Waals surface area contributed by atoms with Gasteiger partial charge in [0.2, 0.25) is 5.13 Å². The van der Waals surface area contributed by atoms with Crippen LogP contribution in [0.1, 0.15) is 0 Å². The van der Waals surface area contributed by atoms with Gasteiger partial charge in [-0.2, -0.15) is 0 Å². The van der Waals surface area contributed by atoms with Gasteiger partial charge in [-0.25, -0.2) is 0 Å². The van der Waals surface area contributed by atoms with Crippen LogP contribution in [0.4, 0.5) is 5.13 Å². The highest BCUT2D eigenvalue weighted by Crippen LogP contribution is 2.38. The highest BCUT2D eigenvalue weighted by Gasteiger charge is 2.14. The van der Waals surface area contributed by atoms with Crippen LogP contribution in [-0.4, -0.2) is 38.4 Å². The minimum Gasteiger partial charge on any atom is -0.504 e. The van der Waals surface area contributed by atoms with E-state index in [2.05, 4.69) is 15.5 Å². The molecule has 5 N–H and O–H groups in total. The van der Waals surface area contributed by atoms with Crippen LogP contribution < -0.4 is 10.1 Å². The number of rotatable bonds is 5. The summed E-state index contributed by atoms with van der Waals surface area (Å²) in [5.41, 5.74) is 0.341. The van der Waals surface area contributed by atoms with Crippen LogP contribution in [0.2, 0.25) is 0 Å². The second-order valence-electron chi connectivity index (χ2n) is 4.74. The summed E-state index contributed by atoms with van der Waals surface area (Å²) in [5, 5.41) is 30.3. The monoisotopic (exact) mass is 361 g/mol. The number of nitrogens with one attached hydrogen (secondary N) is 1. The number of nitrogens with zero attached hydrogens (tertiary/aromatic N) is 2. The van der Waals surface area contributed by atoms with Gasteiger partial charge in [0.1, 0.15) is 5.75 Å². The number of amides is 1. The maximum atomic E-state index is 11.9. The van der Waals surface area contributed by atoms with Gasteiger partial charge < -0.3 is 20.4 Å². The number of hydrogen-bond acceptors (Lipinski definition) is 7. The van der Waals surface area contributed by atoms with E-state index >= 15 is 0 Å². The van der Waals surface area contributed by atoms with Crippen LogP contribution >= 0.6 is 11.3 Å². The molecule has 1 amide bonds. The lowest BCUT2D eigenvalue weighted by atomic mass is 10.2. The highest BCUT2D eigenvalue weighted by molar-refractivity contribution is 7.18. The first kappa shape index (κ1) is 18.2. The first-order valence-corrected chi connectivity index (χ1v) is 7.77. The lowest BCUT2D eigenvalue weighted by Gasteiger charge is -2.04. The number of carbonyl (C=O) groups excluding carboxylic acids is 1. The Balaban J connectivity index is 0.00000225. The van der Waals surface area contributed by atoms with Gasteiger partial charge >= 0.3 is 0 Å². The normalized spacial score (nSPS) is 9.92. The van der Waals surface area contributed by atoms with Crippen molar-refractivity contribution in [1.82, 2.24) is 10.2 Å². The lowest BCUT2D eigenvalue weighted by Crippen LogP contribution is -2.20. The molecule has 0 aliphatic rings. The number of phenols is 2. The molecule has 3 aromatic rings. The van der Waals surface area contributed by atoms with Crippen molar-refractivity contribution < 1.29 is 25.2 Å². The van der Waals surface area contributed by atoms with Crippen molar-refractivity contribution in [3.63, 3.8) is 0 Å². The molecule has 25 heavy (non-hydrogen) atoms. The summed E-state index contributed by atoms with van der Waals surface area (Å²) in [6.07, 6.45) is 0. The van der Waals surface area contributed by atoms with E-state index in [1.165, 1.54) is 6.07 Å². The lowest BCUT2D eigenvalue weighted by molar-refractivity contribution is -0.118. The summed E-state index contributed by atoms with van der Waals surface area (Å²) in [5.74, 6) is -0.305. The van der Waals surface area contributed by atoms with Gasteiger partial charge in [0.05, 0.1) is 5.56 Å². The molecule has 0 atom stereocenters. The molecule has 0 aliphatic carbocycles. The molecule has 1 aromatic heterocycles. The minimum absolute atomic E-state index is 0. The quantitative estimate of drug-likeness (QED) is 0.593. The topological polar surface area (TPSA) is 136 Å². The molecule has 0 fully saturated rings. The van der Waals surface area contributed by atoms with Gasteiger partial charge in [0.15, 0.2) is 23.1 Å². The molecule has 1 heterocycles. The number of aromatic nitrogens is 2. The smallest absolute Gasteiger partial charge is 0.264 e. The third-order valence-corrected chi connectivity index (χ3v) is 3.90. The second kappa shape index (κ2) is 8.08. The third kappa shape index (κ3) is 4.43. The summed E-state index contributed by atoms with van der Waals surface area (Å²) in [6, 6.07) is 13.5. The highest BCUT2D eigenvalue weighted by atomic mass is 32.1. The molecule has 0 spiro atoms. The molecule has 0 radical (unpaired) electrons. The largest absolute Gasteiger partial charge is 0.504 e. The van der Waals surface area contributed by atoms with Crippen molar-refractivity contribution in [2.75, 3.05) is 11.9 Å². The van der Waals surface area contributed by atoms with Crippen LogP contribution in [-0.2, 0) is 4.79 Å². The molecule has 0 aliphatic heterocycles. The fourth-order valence-corrected chi connectivity index (χ4v) is 2.69. The standard InChI is InChI=1S/C16H13N3O4S.H2O/c20-12-8-4-7-11(14(12)22)15-18-19-16(24-15)17-13(21)9-23-10-5-2-1-3-6-10;/h1-8,20,22H,9H2,(H,17,19,21);1H2. The molecule has 2 aromatic carbocycles. The van der Waals surface area contributed by atoms with E-state index in [9.17, 15) is 15.0 Å². The van der Waals surface area contributed by atoms with E-state index in [0.29, 0.717) is 16.3 Å². The Morgan fingerprint density at radius 3 is 2.60 bits per heavy atom. The van der Waals surface area contributed by atoms with Gasteiger partial charge in [0.25, 0.3) is 5.91 Å². The zero-order valence-electron chi connectivity index (χ0n) is 12.8. The predicted octanol–water partition coefficient (Wildman–Crippen LogP) is 1.81. The van der Waals surface area contributed by atoms with Gasteiger partial charge in [-0.1, -0.05) is 35.6 Å². The number of anilines is 1. The molecular formula is C16H15N3O5S. The SMILES string of the molecule is O.O=C(COc1ccccc1)Nc1nnc(-c2cccc(O)c2O)s1. The van der Waals surface area contributed by atoms with Crippen molar-refractivity contribution >= 4 is 22.4 Å². The van der Waals surface area contributed by atoms with E-state index < -0.39 is 0 Å². The molecule has 0 saturated carbocycles. The predicted molar refractivity (Wildman–Crippen MR) is 92.9 cm³/mol. The summed E-state index contributed by atoms with van der Waals surface area (Å²) in [6.45, 7) is -0.156. The fraction of sp³-hybridized carbons (Fsp3) is 0.0625. The molecule has 0 saturated heterocycles. The Morgan fingerprint density at radius 1 is 1.08 bits per heavy atom. The fourth-order valence-electron chi connectivity index (χ4n) is 1.91. The average molecular weight is 361 g/mol. The first-order valence-electron chi connectivity index (χ1n) is 6.96. The van der Waals surface area contributed by atoms with Crippen LogP contribution in [0.5, 0.6) is 17.2 Å². The summed E-state index contributed by atoms with van der Waals surface area (Å²) in [4.78, 5) is 11.9. The minimum atomic E-state index is -0.373. The van der Waals surface area contributed by atoms with Gasteiger partial charge in [-0.3, -0.25) is 10.1 Å². The Hall–Kier alpha value is -3.17. The molecule has 8 nitrogen and oxygen atoms in total. The summed E-state index contributed by atoms with van der Waals surface area (Å²) < 4.78 is 5.34. The van der Waals surface area contributed by atoms with E-state index in [1.54, 1.807) is 24.3 Å². The van der Waals surface area contributed by atoms with Crippen molar-refractivity contribution in [2.45, 2.75) is 0 Å². The molecule has 9 heteroatoms. The number of carbonyl (C=O) groups is 1. The molecule has 0 bridgehead atoms. The third-order valence-electron chi connectivity index (χ3n) is 3.03. The Kier molecular flexibility index (Phi) is 5.88. The summed E-state index contributed by atoms with van der Waals surface area (Å²) in [7, 11) is 0. The Bertz CT molecular complexity index is 854. The van der Waals surface area contributed by atoms with Crippen LogP contribution in [0.15, 0.2) is 48.5 Å². The van der Waals surface area contributed by atoms with Gasteiger partial charge in [0, 0.05) is 0 Å². The summed E-state index contributed by atoms with van der Waals surface area (Å²) >= 11 is 1.08. The Labute approximate surface area is 146 Å². The van der Waals surface area contributed by atoms with Gasteiger partial charge in [-0.05, 0) is 24.3 Å². The van der Waals surface area contributed by atoms with Crippen molar-refractivity contribution in [1.29, 1.82) is 0 Å². The zero-order chi connectivity index (χ0) is 16.9. The number of hydrogen-bond donors (Lipinski definition) is 3. The number of ether oxygens (including phenoxy) is 1. The first-order chi connectivity index (χ1) is 11.6. The van der Waals surface area contributed by atoms with E-state index in [1.807, 2.05) is 18.2 Å². The number of aromatic hydroxyl groups is 2. The molecular weight excluding hydrogens is 346 g/mol. The van der Waals surface area contributed by atoms with Crippen molar-refractivity contribution in [2.24, 2.45) is 0 Å². The van der Waals surface area contributed by atoms with E-state index in [-0.39, 0.29) is 34.6 Å². The maximum Gasteiger partial charge on any atom is 0.264 e. The maximum absolute atomic E-state index is 11.9. The average Bonchev–Trinajstić information content (AvgIpc) is 3.04. The van der Waals surface area contributed by atoms with Gasteiger partial charge in [-0.15, -0.1) is 10.2 Å². The van der Waals surface area contributed by atoms with E-state index in [0.717, 1.165) is 11.3 Å². The number of phenolic OH excluding ortho intramolecular Hbond substituents is 2. The Morgan fingerprint density at radius 2 is 1.84 bits per heavy atom. The number of benzene rings is 2. The molecule has 3 rings (SSSR count).